The lowest BCUT2D eigenvalue weighted by atomic mass is 10.1. The molecule has 2 N–H and O–H groups in total. The molecule has 0 aliphatic heterocycles. The van der Waals surface area contributed by atoms with Gasteiger partial charge < -0.3 is 10.6 Å². The van der Waals surface area contributed by atoms with Crippen LogP contribution in [0.1, 0.15) is 22.8 Å². The Labute approximate surface area is 127 Å². The van der Waals surface area contributed by atoms with Crippen LogP contribution in [0.3, 0.4) is 0 Å². The van der Waals surface area contributed by atoms with E-state index in [4.69, 9.17) is 0 Å². The molecule has 0 aromatic heterocycles. The SMILES string of the molecule is CC(=O)c1ccc(NC(=O)N/C=C/c2cccc(F)c2)cc1. The van der Waals surface area contributed by atoms with E-state index in [0.29, 0.717) is 16.8 Å². The molecule has 0 radical (unpaired) electrons. The molecular weight excluding hydrogens is 283 g/mol. The van der Waals surface area contributed by atoms with Crippen LogP contribution in [0, 0.1) is 5.82 Å². The molecule has 22 heavy (non-hydrogen) atoms. The van der Waals surface area contributed by atoms with Crippen molar-refractivity contribution in [3.05, 3.63) is 71.7 Å². The second-order valence-corrected chi connectivity index (χ2v) is 4.62. The highest BCUT2D eigenvalue weighted by atomic mass is 19.1. The highest BCUT2D eigenvalue weighted by molar-refractivity contribution is 5.95. The summed E-state index contributed by atoms with van der Waals surface area (Å²) in [7, 11) is 0. The smallest absolute Gasteiger partial charge is 0.314 e. The summed E-state index contributed by atoms with van der Waals surface area (Å²) in [5, 5.41) is 5.14. The normalized spacial score (nSPS) is 10.5. The van der Waals surface area contributed by atoms with Crippen molar-refractivity contribution in [1.82, 2.24) is 5.32 Å². The molecule has 0 fully saturated rings. The minimum absolute atomic E-state index is 0.0333. The molecule has 0 saturated heterocycles. The highest BCUT2D eigenvalue weighted by Crippen LogP contribution is 2.10. The first-order valence-electron chi connectivity index (χ1n) is 6.65. The van der Waals surface area contributed by atoms with Gasteiger partial charge in [-0.3, -0.25) is 4.79 Å². The molecule has 0 atom stereocenters. The fourth-order valence-corrected chi connectivity index (χ4v) is 1.78. The summed E-state index contributed by atoms with van der Waals surface area (Å²) < 4.78 is 13.0. The van der Waals surface area contributed by atoms with E-state index >= 15 is 0 Å². The van der Waals surface area contributed by atoms with Gasteiger partial charge in [-0.15, -0.1) is 0 Å². The number of halogens is 1. The number of hydrogen-bond donors (Lipinski definition) is 2. The molecule has 0 heterocycles. The number of Topliss-reactive ketones (excluding diaryl/α,β-unsaturated/α-hetero) is 1. The number of carbonyl (C=O) groups excluding carboxylic acids is 2. The largest absolute Gasteiger partial charge is 0.323 e. The zero-order chi connectivity index (χ0) is 15.9. The third kappa shape index (κ3) is 4.56. The predicted octanol–water partition coefficient (Wildman–Crippen LogP) is 3.82. The van der Waals surface area contributed by atoms with Crippen LogP contribution in [-0.4, -0.2) is 11.8 Å². The number of ketones is 1. The number of nitrogens with one attached hydrogen (secondary N) is 2. The van der Waals surface area contributed by atoms with E-state index in [1.165, 1.54) is 25.3 Å². The molecule has 0 unspecified atom stereocenters. The van der Waals surface area contributed by atoms with Gasteiger partial charge in [0, 0.05) is 17.5 Å². The lowest BCUT2D eigenvalue weighted by Gasteiger charge is -2.05. The molecular formula is C17H15FN2O2. The van der Waals surface area contributed by atoms with Gasteiger partial charge in [-0.25, -0.2) is 9.18 Å². The summed E-state index contributed by atoms with van der Waals surface area (Å²) in [5.41, 5.74) is 1.80. The molecule has 0 spiro atoms. The molecule has 2 rings (SSSR count). The maximum Gasteiger partial charge on any atom is 0.323 e. The van der Waals surface area contributed by atoms with Gasteiger partial charge in [-0.05, 0) is 55.0 Å². The summed E-state index contributed by atoms with van der Waals surface area (Å²) in [6.07, 6.45) is 3.01. The van der Waals surface area contributed by atoms with Crippen LogP contribution >= 0.6 is 0 Å². The Bertz CT molecular complexity index is 709. The van der Waals surface area contributed by atoms with Gasteiger partial charge >= 0.3 is 6.03 Å². The second kappa shape index (κ2) is 7.17. The van der Waals surface area contributed by atoms with E-state index < -0.39 is 6.03 Å². The molecule has 2 aromatic rings. The molecule has 5 heteroatoms. The van der Waals surface area contributed by atoms with Crippen LogP contribution in [-0.2, 0) is 0 Å². The Hall–Kier alpha value is -2.95. The van der Waals surface area contributed by atoms with Gasteiger partial charge in [0.05, 0.1) is 0 Å². The number of carbonyl (C=O) groups is 2. The quantitative estimate of drug-likeness (QED) is 0.843. The van der Waals surface area contributed by atoms with Gasteiger partial charge in [0.2, 0.25) is 0 Å². The maximum atomic E-state index is 13.0. The van der Waals surface area contributed by atoms with Gasteiger partial charge in [-0.2, -0.15) is 0 Å². The molecule has 2 amide bonds. The summed E-state index contributed by atoms with van der Waals surface area (Å²) >= 11 is 0. The fraction of sp³-hybridized carbons (Fsp3) is 0.0588. The van der Waals surface area contributed by atoms with E-state index in [0.717, 1.165) is 0 Å². The molecule has 2 aromatic carbocycles. The Balaban J connectivity index is 1.89. The molecule has 112 valence electrons. The second-order valence-electron chi connectivity index (χ2n) is 4.62. The van der Waals surface area contributed by atoms with E-state index in [1.807, 2.05) is 0 Å². The highest BCUT2D eigenvalue weighted by Gasteiger charge is 2.01. The van der Waals surface area contributed by atoms with Crippen LogP contribution in [0.25, 0.3) is 6.08 Å². The average molecular weight is 298 g/mol. The molecule has 0 aliphatic rings. The Kier molecular flexibility index (Phi) is 5.03. The van der Waals surface area contributed by atoms with Crippen molar-refractivity contribution in [3.8, 4) is 0 Å². The number of rotatable bonds is 4. The van der Waals surface area contributed by atoms with Crippen molar-refractivity contribution in [2.45, 2.75) is 6.92 Å². The van der Waals surface area contributed by atoms with Gasteiger partial charge in [-0.1, -0.05) is 12.1 Å². The molecule has 4 nitrogen and oxygen atoms in total. The van der Waals surface area contributed by atoms with Crippen molar-refractivity contribution in [2.24, 2.45) is 0 Å². The molecule has 0 bridgehead atoms. The zero-order valence-electron chi connectivity index (χ0n) is 12.0. The number of anilines is 1. The third-order valence-corrected chi connectivity index (χ3v) is 2.89. The summed E-state index contributed by atoms with van der Waals surface area (Å²) in [6, 6.07) is 12.2. The van der Waals surface area contributed by atoms with Crippen molar-refractivity contribution in [2.75, 3.05) is 5.32 Å². The number of urea groups is 1. The Morgan fingerprint density at radius 3 is 2.45 bits per heavy atom. The van der Waals surface area contributed by atoms with Crippen LogP contribution in [0.4, 0.5) is 14.9 Å². The number of amides is 2. The molecule has 0 saturated carbocycles. The summed E-state index contributed by atoms with van der Waals surface area (Å²) in [4.78, 5) is 22.8. The maximum absolute atomic E-state index is 13.0. The first kappa shape index (κ1) is 15.4. The van der Waals surface area contributed by atoms with Crippen molar-refractivity contribution >= 4 is 23.6 Å². The minimum atomic E-state index is -0.428. The lowest BCUT2D eigenvalue weighted by Crippen LogP contribution is -2.23. The van der Waals surface area contributed by atoms with Crippen LogP contribution in [0.5, 0.6) is 0 Å². The standard InChI is InChI=1S/C17H15FN2O2/c1-12(21)14-5-7-16(8-6-14)20-17(22)19-10-9-13-3-2-4-15(18)11-13/h2-11H,1H3,(H2,19,20,22)/b10-9+. The number of hydrogen-bond acceptors (Lipinski definition) is 2. The van der Waals surface area contributed by atoms with Gasteiger partial charge in [0.1, 0.15) is 5.82 Å². The fourth-order valence-electron chi connectivity index (χ4n) is 1.78. The predicted molar refractivity (Wildman–Crippen MR) is 84.0 cm³/mol. The van der Waals surface area contributed by atoms with Crippen molar-refractivity contribution < 1.29 is 14.0 Å². The monoisotopic (exact) mass is 298 g/mol. The van der Waals surface area contributed by atoms with E-state index in [1.54, 1.807) is 42.5 Å². The van der Waals surface area contributed by atoms with Crippen LogP contribution in [0.15, 0.2) is 54.7 Å². The Morgan fingerprint density at radius 2 is 1.82 bits per heavy atom. The third-order valence-electron chi connectivity index (χ3n) is 2.89. The van der Waals surface area contributed by atoms with E-state index in [-0.39, 0.29) is 11.6 Å². The van der Waals surface area contributed by atoms with Crippen LogP contribution < -0.4 is 10.6 Å². The average Bonchev–Trinajstić information content (AvgIpc) is 2.48. The Morgan fingerprint density at radius 1 is 1.09 bits per heavy atom. The van der Waals surface area contributed by atoms with Gasteiger partial charge in [0.25, 0.3) is 0 Å². The van der Waals surface area contributed by atoms with Gasteiger partial charge in [0.15, 0.2) is 5.78 Å². The van der Waals surface area contributed by atoms with Crippen molar-refractivity contribution in [3.63, 3.8) is 0 Å². The van der Waals surface area contributed by atoms with E-state index in [9.17, 15) is 14.0 Å². The summed E-state index contributed by atoms with van der Waals surface area (Å²) in [5.74, 6) is -0.369. The first-order valence-corrected chi connectivity index (χ1v) is 6.65. The molecule has 0 aliphatic carbocycles. The minimum Gasteiger partial charge on any atom is -0.314 e. The first-order chi connectivity index (χ1) is 10.5. The number of benzene rings is 2. The zero-order valence-corrected chi connectivity index (χ0v) is 12.0. The lowest BCUT2D eigenvalue weighted by molar-refractivity contribution is 0.101. The summed E-state index contributed by atoms with van der Waals surface area (Å²) in [6.45, 7) is 1.48. The topological polar surface area (TPSA) is 58.2 Å². The van der Waals surface area contributed by atoms with E-state index in [2.05, 4.69) is 10.6 Å². The van der Waals surface area contributed by atoms with Crippen molar-refractivity contribution in [1.29, 1.82) is 0 Å². The van der Waals surface area contributed by atoms with Crippen LogP contribution in [0.2, 0.25) is 0 Å².